The first kappa shape index (κ1) is 11.6. The van der Waals surface area contributed by atoms with Crippen molar-refractivity contribution in [2.45, 2.75) is 25.6 Å². The van der Waals surface area contributed by atoms with Gasteiger partial charge in [0.25, 0.3) is 0 Å². The average Bonchev–Trinajstić information content (AvgIpc) is 2.31. The van der Waals surface area contributed by atoms with Crippen molar-refractivity contribution in [2.24, 2.45) is 0 Å². The summed E-state index contributed by atoms with van der Waals surface area (Å²) in [5, 5.41) is 3.42. The highest BCUT2D eigenvalue weighted by molar-refractivity contribution is 5.15. The van der Waals surface area contributed by atoms with Gasteiger partial charge in [0, 0.05) is 6.04 Å². The molecule has 3 heteroatoms. The number of rotatable bonds is 4. The van der Waals surface area contributed by atoms with Crippen LogP contribution in [-0.4, -0.2) is 32.1 Å². The largest absolute Gasteiger partial charge is 0.375 e. The van der Waals surface area contributed by atoms with E-state index in [1.165, 1.54) is 5.56 Å². The van der Waals surface area contributed by atoms with Gasteiger partial charge in [-0.05, 0) is 18.9 Å². The van der Waals surface area contributed by atoms with E-state index in [-0.39, 0.29) is 6.23 Å². The highest BCUT2D eigenvalue weighted by Crippen LogP contribution is 2.05. The van der Waals surface area contributed by atoms with Gasteiger partial charge in [0.05, 0.1) is 19.8 Å². The van der Waals surface area contributed by atoms with Gasteiger partial charge in [-0.25, -0.2) is 0 Å². The van der Waals surface area contributed by atoms with E-state index in [1.54, 1.807) is 0 Å². The van der Waals surface area contributed by atoms with Crippen molar-refractivity contribution in [3.63, 3.8) is 0 Å². The maximum atomic E-state index is 5.55. The third kappa shape index (κ3) is 3.59. The van der Waals surface area contributed by atoms with Crippen LogP contribution in [0.25, 0.3) is 0 Å². The van der Waals surface area contributed by atoms with E-state index < -0.39 is 0 Å². The zero-order chi connectivity index (χ0) is 11.2. The summed E-state index contributed by atoms with van der Waals surface area (Å²) >= 11 is 0. The third-order valence-corrected chi connectivity index (χ3v) is 2.67. The molecule has 0 saturated carbocycles. The molecule has 1 heterocycles. The molecule has 0 aliphatic carbocycles. The minimum Gasteiger partial charge on any atom is -0.375 e. The zero-order valence-electron chi connectivity index (χ0n) is 9.69. The van der Waals surface area contributed by atoms with Crippen LogP contribution in [0.15, 0.2) is 30.3 Å². The molecule has 0 amide bonds. The maximum absolute atomic E-state index is 5.55. The number of hydrogen-bond acceptors (Lipinski definition) is 3. The Morgan fingerprint density at radius 1 is 1.31 bits per heavy atom. The molecule has 1 saturated heterocycles. The van der Waals surface area contributed by atoms with Gasteiger partial charge in [-0.3, -0.25) is 5.32 Å². The molecule has 2 atom stereocenters. The summed E-state index contributed by atoms with van der Waals surface area (Å²) in [5.41, 5.74) is 1.35. The maximum Gasteiger partial charge on any atom is 0.132 e. The van der Waals surface area contributed by atoms with E-state index in [0.717, 1.165) is 6.42 Å². The Labute approximate surface area is 96.8 Å². The Hall–Kier alpha value is -0.900. The molecule has 2 unspecified atom stereocenters. The first-order chi connectivity index (χ1) is 7.84. The topological polar surface area (TPSA) is 30.5 Å². The summed E-state index contributed by atoms with van der Waals surface area (Å²) in [4.78, 5) is 0. The van der Waals surface area contributed by atoms with Crippen LogP contribution in [0.3, 0.4) is 0 Å². The number of benzene rings is 1. The van der Waals surface area contributed by atoms with E-state index >= 15 is 0 Å². The van der Waals surface area contributed by atoms with Crippen molar-refractivity contribution in [3.8, 4) is 0 Å². The van der Waals surface area contributed by atoms with Crippen LogP contribution in [0.5, 0.6) is 0 Å². The minimum atomic E-state index is 0.0486. The van der Waals surface area contributed by atoms with Crippen LogP contribution in [0, 0.1) is 0 Å². The van der Waals surface area contributed by atoms with E-state index in [0.29, 0.717) is 25.9 Å². The second-order valence-electron chi connectivity index (χ2n) is 4.19. The lowest BCUT2D eigenvalue weighted by molar-refractivity contribution is -0.105. The van der Waals surface area contributed by atoms with Gasteiger partial charge in [0.1, 0.15) is 6.23 Å². The standard InChI is InChI=1S/C13H19NO2/c1-11(9-12-5-3-2-4-6-12)14-13-10-15-7-8-16-13/h2-6,11,13-14H,7-10H2,1H3. The molecule has 0 bridgehead atoms. The molecule has 0 spiro atoms. The molecule has 1 fully saturated rings. The van der Waals surface area contributed by atoms with Gasteiger partial charge in [0.2, 0.25) is 0 Å². The number of ether oxygens (including phenoxy) is 2. The number of nitrogens with one attached hydrogen (secondary N) is 1. The summed E-state index contributed by atoms with van der Waals surface area (Å²) in [6.45, 7) is 4.23. The molecule has 1 N–H and O–H groups in total. The van der Waals surface area contributed by atoms with Crippen LogP contribution in [0.2, 0.25) is 0 Å². The molecular weight excluding hydrogens is 202 g/mol. The summed E-state index contributed by atoms with van der Waals surface area (Å²) in [6.07, 6.45) is 1.06. The highest BCUT2D eigenvalue weighted by Gasteiger charge is 2.16. The molecule has 0 aromatic heterocycles. The van der Waals surface area contributed by atoms with Crippen LogP contribution in [-0.2, 0) is 15.9 Å². The quantitative estimate of drug-likeness (QED) is 0.837. The second-order valence-corrected chi connectivity index (χ2v) is 4.19. The lowest BCUT2D eigenvalue weighted by atomic mass is 10.1. The SMILES string of the molecule is CC(Cc1ccccc1)NC1COCCO1. The summed E-state index contributed by atoms with van der Waals surface area (Å²) in [5.74, 6) is 0. The van der Waals surface area contributed by atoms with Gasteiger partial charge in [-0.2, -0.15) is 0 Å². The summed E-state index contributed by atoms with van der Waals surface area (Å²) < 4.78 is 10.9. The monoisotopic (exact) mass is 221 g/mol. The fraction of sp³-hybridized carbons (Fsp3) is 0.538. The van der Waals surface area contributed by atoms with Gasteiger partial charge in [0.15, 0.2) is 0 Å². The average molecular weight is 221 g/mol. The Kier molecular flexibility index (Phi) is 4.34. The molecule has 16 heavy (non-hydrogen) atoms. The van der Waals surface area contributed by atoms with Crippen LogP contribution in [0.1, 0.15) is 12.5 Å². The molecule has 1 aliphatic heterocycles. The highest BCUT2D eigenvalue weighted by atomic mass is 16.6. The Morgan fingerprint density at radius 2 is 2.12 bits per heavy atom. The van der Waals surface area contributed by atoms with Crippen LogP contribution < -0.4 is 5.32 Å². The summed E-state index contributed by atoms with van der Waals surface area (Å²) in [7, 11) is 0. The fourth-order valence-electron chi connectivity index (χ4n) is 1.93. The van der Waals surface area contributed by atoms with Gasteiger partial charge in [-0.1, -0.05) is 30.3 Å². The third-order valence-electron chi connectivity index (χ3n) is 2.67. The second kappa shape index (κ2) is 5.99. The van der Waals surface area contributed by atoms with E-state index in [4.69, 9.17) is 9.47 Å². The van der Waals surface area contributed by atoms with Crippen molar-refractivity contribution in [3.05, 3.63) is 35.9 Å². The molecule has 3 nitrogen and oxygen atoms in total. The van der Waals surface area contributed by atoms with Crippen molar-refractivity contribution >= 4 is 0 Å². The summed E-state index contributed by atoms with van der Waals surface area (Å²) in [6, 6.07) is 10.9. The van der Waals surface area contributed by atoms with Gasteiger partial charge in [-0.15, -0.1) is 0 Å². The molecule has 1 aromatic rings. The Balaban J connectivity index is 1.77. The van der Waals surface area contributed by atoms with E-state index in [2.05, 4.69) is 36.5 Å². The van der Waals surface area contributed by atoms with Crippen molar-refractivity contribution in [1.82, 2.24) is 5.32 Å². The van der Waals surface area contributed by atoms with Gasteiger partial charge < -0.3 is 9.47 Å². The molecule has 2 rings (SSSR count). The molecule has 0 radical (unpaired) electrons. The minimum absolute atomic E-state index is 0.0486. The first-order valence-electron chi connectivity index (χ1n) is 5.84. The Morgan fingerprint density at radius 3 is 2.81 bits per heavy atom. The molecule has 1 aromatic carbocycles. The normalized spacial score (nSPS) is 22.9. The van der Waals surface area contributed by atoms with Crippen molar-refractivity contribution in [2.75, 3.05) is 19.8 Å². The van der Waals surface area contributed by atoms with Crippen molar-refractivity contribution in [1.29, 1.82) is 0 Å². The van der Waals surface area contributed by atoms with Gasteiger partial charge >= 0.3 is 0 Å². The smallest absolute Gasteiger partial charge is 0.132 e. The first-order valence-corrected chi connectivity index (χ1v) is 5.84. The van der Waals surface area contributed by atoms with Crippen LogP contribution in [0.4, 0.5) is 0 Å². The lowest BCUT2D eigenvalue weighted by Gasteiger charge is -2.27. The number of hydrogen-bond donors (Lipinski definition) is 1. The van der Waals surface area contributed by atoms with E-state index in [9.17, 15) is 0 Å². The predicted molar refractivity (Wildman–Crippen MR) is 63.3 cm³/mol. The van der Waals surface area contributed by atoms with Crippen molar-refractivity contribution < 1.29 is 9.47 Å². The molecule has 1 aliphatic rings. The van der Waals surface area contributed by atoms with Crippen LogP contribution >= 0.6 is 0 Å². The lowest BCUT2D eigenvalue weighted by Crippen LogP contribution is -2.45. The Bertz CT molecular complexity index is 296. The zero-order valence-corrected chi connectivity index (χ0v) is 9.69. The molecule has 88 valence electrons. The fourth-order valence-corrected chi connectivity index (χ4v) is 1.93. The molecular formula is C13H19NO2. The van der Waals surface area contributed by atoms with E-state index in [1.807, 2.05) is 6.07 Å². The predicted octanol–water partition coefficient (Wildman–Crippen LogP) is 1.58.